The number of hydrogen-bond acceptors (Lipinski definition) is 3. The number of ether oxygens (including phenoxy) is 1. The molecule has 0 fully saturated rings. The highest BCUT2D eigenvalue weighted by molar-refractivity contribution is 5.95. The summed E-state index contributed by atoms with van der Waals surface area (Å²) in [6.45, 7) is 6.18. The van der Waals surface area contributed by atoms with Gasteiger partial charge in [-0.15, -0.1) is 0 Å². The largest absolute Gasteiger partial charge is 0.399 e. The van der Waals surface area contributed by atoms with Gasteiger partial charge in [-0.1, -0.05) is 0 Å². The summed E-state index contributed by atoms with van der Waals surface area (Å²) in [6, 6.07) is 2.86. The maximum atomic E-state index is 14.0. The average molecular weight is 268 g/mol. The highest BCUT2D eigenvalue weighted by atomic mass is 19.1. The standard InChI is InChI=1S/C14H21FN2O2/c1-9(2)17(5-6-19-4)14(18)12-8-11(16)7-10(3)13(12)15/h7-9H,5-6,16H2,1-4H3. The lowest BCUT2D eigenvalue weighted by molar-refractivity contribution is 0.0630. The fourth-order valence-electron chi connectivity index (χ4n) is 1.89. The van der Waals surface area contributed by atoms with Crippen LogP contribution >= 0.6 is 0 Å². The summed E-state index contributed by atoms with van der Waals surface area (Å²) in [5, 5.41) is 0. The predicted molar refractivity (Wildman–Crippen MR) is 73.6 cm³/mol. The smallest absolute Gasteiger partial charge is 0.257 e. The minimum Gasteiger partial charge on any atom is -0.399 e. The number of aryl methyl sites for hydroxylation is 1. The summed E-state index contributed by atoms with van der Waals surface area (Å²) in [5.41, 5.74) is 6.46. The molecule has 0 saturated heterocycles. The van der Waals surface area contributed by atoms with Gasteiger partial charge >= 0.3 is 0 Å². The Balaban J connectivity index is 3.09. The van der Waals surface area contributed by atoms with Crippen LogP contribution in [-0.2, 0) is 4.74 Å². The van der Waals surface area contributed by atoms with E-state index in [0.717, 1.165) is 0 Å². The molecule has 0 aliphatic carbocycles. The molecule has 1 aromatic rings. The molecule has 1 rings (SSSR count). The quantitative estimate of drug-likeness (QED) is 0.833. The second kappa shape index (κ2) is 6.52. The molecule has 106 valence electrons. The molecule has 1 amide bonds. The van der Waals surface area contributed by atoms with E-state index in [2.05, 4.69) is 0 Å². The Morgan fingerprint density at radius 2 is 2.11 bits per heavy atom. The molecule has 0 aliphatic rings. The third-order valence-corrected chi connectivity index (χ3v) is 2.93. The number of hydrogen-bond donors (Lipinski definition) is 1. The molecule has 5 heteroatoms. The van der Waals surface area contributed by atoms with Crippen LogP contribution in [0.25, 0.3) is 0 Å². The zero-order valence-electron chi connectivity index (χ0n) is 11.9. The number of nitrogens with zero attached hydrogens (tertiary/aromatic N) is 1. The highest BCUT2D eigenvalue weighted by Crippen LogP contribution is 2.19. The van der Waals surface area contributed by atoms with Crippen molar-refractivity contribution in [2.75, 3.05) is 26.0 Å². The van der Waals surface area contributed by atoms with Gasteiger partial charge in [0, 0.05) is 25.4 Å². The van der Waals surface area contributed by atoms with Crippen molar-refractivity contribution >= 4 is 11.6 Å². The zero-order valence-corrected chi connectivity index (χ0v) is 11.9. The summed E-state index contributed by atoms with van der Waals surface area (Å²) in [4.78, 5) is 14.0. The number of amides is 1. The lowest BCUT2D eigenvalue weighted by Crippen LogP contribution is -2.39. The first-order valence-electron chi connectivity index (χ1n) is 6.24. The van der Waals surface area contributed by atoms with Crippen molar-refractivity contribution in [2.24, 2.45) is 0 Å². The van der Waals surface area contributed by atoms with Crippen molar-refractivity contribution < 1.29 is 13.9 Å². The second-order valence-electron chi connectivity index (χ2n) is 4.78. The lowest BCUT2D eigenvalue weighted by Gasteiger charge is -2.27. The zero-order chi connectivity index (χ0) is 14.6. The van der Waals surface area contributed by atoms with E-state index in [0.29, 0.717) is 24.4 Å². The van der Waals surface area contributed by atoms with Crippen molar-refractivity contribution in [3.8, 4) is 0 Å². The highest BCUT2D eigenvalue weighted by Gasteiger charge is 2.22. The molecule has 0 heterocycles. The second-order valence-corrected chi connectivity index (χ2v) is 4.78. The average Bonchev–Trinajstić information content (AvgIpc) is 2.33. The van der Waals surface area contributed by atoms with Crippen LogP contribution in [-0.4, -0.2) is 37.1 Å². The fraction of sp³-hybridized carbons (Fsp3) is 0.500. The monoisotopic (exact) mass is 268 g/mol. The number of benzene rings is 1. The molecular formula is C14H21FN2O2. The molecule has 0 unspecified atom stereocenters. The number of nitrogens with two attached hydrogens (primary N) is 1. The third-order valence-electron chi connectivity index (χ3n) is 2.93. The van der Waals surface area contributed by atoms with Crippen LogP contribution in [0.1, 0.15) is 29.8 Å². The Kier molecular flexibility index (Phi) is 5.30. The van der Waals surface area contributed by atoms with E-state index in [1.54, 1.807) is 18.9 Å². The molecule has 0 radical (unpaired) electrons. The number of carbonyl (C=O) groups excluding carboxylic acids is 1. The van der Waals surface area contributed by atoms with Gasteiger partial charge in [0.05, 0.1) is 12.2 Å². The predicted octanol–water partition coefficient (Wildman–Crippen LogP) is 2.21. The summed E-state index contributed by atoms with van der Waals surface area (Å²) in [5.74, 6) is -0.873. The first kappa shape index (κ1) is 15.4. The number of rotatable bonds is 5. The van der Waals surface area contributed by atoms with Crippen LogP contribution in [0.5, 0.6) is 0 Å². The molecule has 1 aromatic carbocycles. The molecule has 2 N–H and O–H groups in total. The van der Waals surface area contributed by atoms with Gasteiger partial charge in [-0.3, -0.25) is 4.79 Å². The number of halogens is 1. The van der Waals surface area contributed by atoms with Crippen LogP contribution in [0.3, 0.4) is 0 Å². The summed E-state index contributed by atoms with van der Waals surface area (Å²) in [7, 11) is 1.56. The van der Waals surface area contributed by atoms with Gasteiger partial charge < -0.3 is 15.4 Å². The Morgan fingerprint density at radius 3 is 2.63 bits per heavy atom. The summed E-state index contributed by atoms with van der Waals surface area (Å²) >= 11 is 0. The van der Waals surface area contributed by atoms with Crippen molar-refractivity contribution in [3.05, 3.63) is 29.1 Å². The minimum absolute atomic E-state index is 0.0160. The van der Waals surface area contributed by atoms with Gasteiger partial charge in [-0.2, -0.15) is 0 Å². The third kappa shape index (κ3) is 3.67. The molecule has 0 atom stereocenters. The minimum atomic E-state index is -0.512. The van der Waals surface area contributed by atoms with Crippen LogP contribution in [0.15, 0.2) is 12.1 Å². The van der Waals surface area contributed by atoms with Crippen molar-refractivity contribution in [1.29, 1.82) is 0 Å². The van der Waals surface area contributed by atoms with Gasteiger partial charge in [-0.05, 0) is 38.5 Å². The Hall–Kier alpha value is -1.62. The Bertz CT molecular complexity index is 461. The maximum absolute atomic E-state index is 14.0. The van der Waals surface area contributed by atoms with Gasteiger partial charge in [0.1, 0.15) is 5.82 Å². The van der Waals surface area contributed by atoms with Gasteiger partial charge in [0.25, 0.3) is 5.91 Å². The van der Waals surface area contributed by atoms with Gasteiger partial charge in [-0.25, -0.2) is 4.39 Å². The molecule has 19 heavy (non-hydrogen) atoms. The van der Waals surface area contributed by atoms with Crippen LogP contribution in [0.2, 0.25) is 0 Å². The first-order chi connectivity index (χ1) is 8.88. The van der Waals surface area contributed by atoms with E-state index < -0.39 is 5.82 Å². The van der Waals surface area contributed by atoms with Crippen molar-refractivity contribution in [2.45, 2.75) is 26.8 Å². The Morgan fingerprint density at radius 1 is 1.47 bits per heavy atom. The summed E-state index contributed by atoms with van der Waals surface area (Å²) < 4.78 is 19.0. The van der Waals surface area contributed by atoms with Crippen molar-refractivity contribution in [1.82, 2.24) is 4.90 Å². The molecule has 4 nitrogen and oxygen atoms in total. The summed E-state index contributed by atoms with van der Waals surface area (Å²) in [6.07, 6.45) is 0. The van der Waals surface area contributed by atoms with E-state index in [-0.39, 0.29) is 17.5 Å². The van der Waals surface area contributed by atoms with Gasteiger partial charge in [0.15, 0.2) is 0 Å². The normalized spacial score (nSPS) is 10.8. The number of carbonyl (C=O) groups is 1. The fourth-order valence-corrected chi connectivity index (χ4v) is 1.89. The number of methoxy groups -OCH3 is 1. The molecule has 0 aliphatic heterocycles. The SMILES string of the molecule is COCCN(C(=O)c1cc(N)cc(C)c1F)C(C)C. The Labute approximate surface area is 113 Å². The van der Waals surface area contributed by atoms with Crippen molar-refractivity contribution in [3.63, 3.8) is 0 Å². The molecular weight excluding hydrogens is 247 g/mol. The van der Waals surface area contributed by atoms with E-state index >= 15 is 0 Å². The topological polar surface area (TPSA) is 55.6 Å². The van der Waals surface area contributed by atoms with E-state index in [9.17, 15) is 9.18 Å². The molecule has 0 bridgehead atoms. The van der Waals surface area contributed by atoms with E-state index in [1.807, 2.05) is 13.8 Å². The van der Waals surface area contributed by atoms with Gasteiger partial charge in [0.2, 0.25) is 0 Å². The maximum Gasteiger partial charge on any atom is 0.257 e. The molecule has 0 saturated carbocycles. The number of anilines is 1. The first-order valence-corrected chi connectivity index (χ1v) is 6.24. The van der Waals surface area contributed by atoms with Crippen LogP contribution in [0.4, 0.5) is 10.1 Å². The van der Waals surface area contributed by atoms with Crippen LogP contribution in [0, 0.1) is 12.7 Å². The molecule has 0 aromatic heterocycles. The number of nitrogen functional groups attached to an aromatic ring is 1. The molecule has 0 spiro atoms. The van der Waals surface area contributed by atoms with Crippen LogP contribution < -0.4 is 5.73 Å². The lowest BCUT2D eigenvalue weighted by atomic mass is 10.1. The van der Waals surface area contributed by atoms with E-state index in [1.165, 1.54) is 12.1 Å². The van der Waals surface area contributed by atoms with E-state index in [4.69, 9.17) is 10.5 Å².